The van der Waals surface area contributed by atoms with Crippen LogP contribution in [0.4, 0.5) is 0 Å². The zero-order valence-corrected chi connectivity index (χ0v) is 20.7. The van der Waals surface area contributed by atoms with E-state index in [0.717, 1.165) is 25.7 Å². The topological polar surface area (TPSA) is 40.5 Å². The molecule has 184 valence electrons. The van der Waals surface area contributed by atoms with E-state index in [0.29, 0.717) is 0 Å². The molecule has 0 heterocycles. The Morgan fingerprint density at radius 2 is 0.556 bits per heavy atom. The molecule has 4 aromatic carbocycles. The second-order valence-corrected chi connectivity index (χ2v) is 10.4. The lowest BCUT2D eigenvalue weighted by atomic mass is 9.58. The zero-order valence-electron chi connectivity index (χ0n) is 20.7. The van der Waals surface area contributed by atoms with Gasteiger partial charge in [0.15, 0.2) is 0 Å². The molecule has 5 rings (SSSR count). The number of hydrogen-bond acceptors (Lipinski definition) is 2. The molecule has 0 aromatic heterocycles. The lowest BCUT2D eigenvalue weighted by Gasteiger charge is -2.49. The molecule has 1 aliphatic carbocycles. The van der Waals surface area contributed by atoms with Crippen LogP contribution in [0.2, 0.25) is 0 Å². The Morgan fingerprint density at radius 3 is 0.806 bits per heavy atom. The van der Waals surface area contributed by atoms with Crippen LogP contribution in [-0.2, 0) is 25.7 Å². The average molecular weight is 477 g/mol. The Kier molecular flexibility index (Phi) is 7.95. The summed E-state index contributed by atoms with van der Waals surface area (Å²) in [5.41, 5.74) is 5.01. The predicted molar refractivity (Wildman–Crippen MR) is 147 cm³/mol. The second kappa shape index (κ2) is 11.7. The summed E-state index contributed by atoms with van der Waals surface area (Å²) in [5, 5.41) is 23.3. The van der Waals surface area contributed by atoms with Crippen LogP contribution in [0, 0.1) is 23.7 Å². The van der Waals surface area contributed by atoms with Gasteiger partial charge in [0, 0.05) is 0 Å². The Hall–Kier alpha value is -3.20. The third-order valence-electron chi connectivity index (χ3n) is 8.13. The van der Waals surface area contributed by atoms with E-state index in [1.807, 2.05) is 12.1 Å². The molecule has 1 aliphatic rings. The fourth-order valence-corrected chi connectivity index (χ4v) is 6.34. The first kappa shape index (κ1) is 24.5. The lowest BCUT2D eigenvalue weighted by molar-refractivity contribution is -0.126. The Labute approximate surface area is 215 Å². The summed E-state index contributed by atoms with van der Waals surface area (Å²) in [6.45, 7) is 0. The molecule has 0 saturated heterocycles. The van der Waals surface area contributed by atoms with Crippen LogP contribution in [0.5, 0.6) is 0 Å². The third-order valence-corrected chi connectivity index (χ3v) is 8.13. The molecule has 2 nitrogen and oxygen atoms in total. The maximum absolute atomic E-state index is 11.6. The van der Waals surface area contributed by atoms with Gasteiger partial charge in [-0.25, -0.2) is 0 Å². The minimum absolute atomic E-state index is 0.0247. The van der Waals surface area contributed by atoms with E-state index in [4.69, 9.17) is 0 Å². The van der Waals surface area contributed by atoms with Gasteiger partial charge in [0.1, 0.15) is 0 Å². The van der Waals surface area contributed by atoms with Gasteiger partial charge in [-0.2, -0.15) is 0 Å². The molecule has 2 N–H and O–H groups in total. The van der Waals surface area contributed by atoms with Crippen molar-refractivity contribution in [3.63, 3.8) is 0 Å². The Balaban J connectivity index is 1.55. The van der Waals surface area contributed by atoms with Crippen molar-refractivity contribution in [3.05, 3.63) is 144 Å². The van der Waals surface area contributed by atoms with Crippen molar-refractivity contribution < 1.29 is 10.2 Å². The average Bonchev–Trinajstić information content (AvgIpc) is 2.93. The SMILES string of the molecule is O[C@@H]1[C@H](O)[C@H](Cc2ccccc2)[C@H](Cc2ccccc2)[C@H](Cc2ccccc2)[C@H]1Cc1ccccc1. The summed E-state index contributed by atoms with van der Waals surface area (Å²) in [4.78, 5) is 0. The lowest BCUT2D eigenvalue weighted by Crippen LogP contribution is -2.55. The van der Waals surface area contributed by atoms with Crippen molar-refractivity contribution in [3.8, 4) is 0 Å². The van der Waals surface area contributed by atoms with Crippen molar-refractivity contribution >= 4 is 0 Å². The first-order valence-corrected chi connectivity index (χ1v) is 13.2. The molecule has 6 atom stereocenters. The van der Waals surface area contributed by atoms with E-state index >= 15 is 0 Å². The van der Waals surface area contributed by atoms with Crippen LogP contribution in [-0.4, -0.2) is 22.4 Å². The molecule has 0 unspecified atom stereocenters. The number of rotatable bonds is 8. The van der Waals surface area contributed by atoms with Crippen LogP contribution in [0.1, 0.15) is 22.3 Å². The number of aliphatic hydroxyl groups excluding tert-OH is 2. The van der Waals surface area contributed by atoms with E-state index < -0.39 is 12.2 Å². The van der Waals surface area contributed by atoms with Crippen LogP contribution in [0.25, 0.3) is 0 Å². The van der Waals surface area contributed by atoms with Crippen LogP contribution < -0.4 is 0 Å². The Bertz CT molecular complexity index is 1080. The monoisotopic (exact) mass is 476 g/mol. The van der Waals surface area contributed by atoms with Crippen molar-refractivity contribution in [2.45, 2.75) is 37.9 Å². The van der Waals surface area contributed by atoms with Crippen molar-refractivity contribution in [1.29, 1.82) is 0 Å². The maximum atomic E-state index is 11.6. The molecule has 4 aromatic rings. The van der Waals surface area contributed by atoms with E-state index in [1.165, 1.54) is 22.3 Å². The molecular formula is C34H36O2. The van der Waals surface area contributed by atoms with E-state index in [-0.39, 0.29) is 23.7 Å². The summed E-state index contributed by atoms with van der Waals surface area (Å²) in [6.07, 6.45) is 1.79. The highest BCUT2D eigenvalue weighted by molar-refractivity contribution is 5.23. The number of aliphatic hydroxyl groups is 2. The molecule has 0 spiro atoms. The van der Waals surface area contributed by atoms with Gasteiger partial charge in [-0.05, 0) is 71.6 Å². The highest BCUT2D eigenvalue weighted by Gasteiger charge is 2.48. The highest BCUT2D eigenvalue weighted by atomic mass is 16.3. The molecule has 36 heavy (non-hydrogen) atoms. The fourth-order valence-electron chi connectivity index (χ4n) is 6.34. The van der Waals surface area contributed by atoms with Gasteiger partial charge >= 0.3 is 0 Å². The summed E-state index contributed by atoms with van der Waals surface area (Å²) < 4.78 is 0. The summed E-state index contributed by atoms with van der Waals surface area (Å²) >= 11 is 0. The summed E-state index contributed by atoms with van der Waals surface area (Å²) in [6, 6.07) is 42.2. The minimum Gasteiger partial charge on any atom is -0.390 e. The van der Waals surface area contributed by atoms with Crippen LogP contribution >= 0.6 is 0 Å². The summed E-state index contributed by atoms with van der Waals surface area (Å²) in [7, 11) is 0. The van der Waals surface area contributed by atoms with E-state index in [9.17, 15) is 10.2 Å². The van der Waals surface area contributed by atoms with Crippen molar-refractivity contribution in [1.82, 2.24) is 0 Å². The second-order valence-electron chi connectivity index (χ2n) is 10.4. The molecular weight excluding hydrogens is 440 g/mol. The largest absolute Gasteiger partial charge is 0.390 e. The van der Waals surface area contributed by atoms with Gasteiger partial charge in [0.05, 0.1) is 12.2 Å². The minimum atomic E-state index is -0.764. The molecule has 0 aliphatic heterocycles. The van der Waals surface area contributed by atoms with Crippen molar-refractivity contribution in [2.75, 3.05) is 0 Å². The Morgan fingerprint density at radius 1 is 0.333 bits per heavy atom. The molecule has 1 saturated carbocycles. The molecule has 2 heteroatoms. The molecule has 1 fully saturated rings. The van der Waals surface area contributed by atoms with Gasteiger partial charge in [-0.1, -0.05) is 121 Å². The van der Waals surface area contributed by atoms with Gasteiger partial charge in [0.25, 0.3) is 0 Å². The van der Waals surface area contributed by atoms with Gasteiger partial charge in [-0.15, -0.1) is 0 Å². The standard InChI is InChI=1S/C34H36O2/c35-33-31(23-27-17-9-3-10-18-27)29(21-25-13-5-1-6-14-25)30(22-26-15-7-2-8-16-26)32(34(33)36)24-28-19-11-4-12-20-28/h1-20,29-36H,21-24H2/t29-,30+,31-,32-,33-,34+/m1/s1. The first-order chi connectivity index (χ1) is 17.7. The third kappa shape index (κ3) is 5.78. The zero-order chi connectivity index (χ0) is 24.7. The number of hydrogen-bond donors (Lipinski definition) is 2. The van der Waals surface area contributed by atoms with Gasteiger partial charge < -0.3 is 10.2 Å². The van der Waals surface area contributed by atoms with Crippen LogP contribution in [0.15, 0.2) is 121 Å². The normalized spacial score (nSPS) is 25.9. The molecule has 0 radical (unpaired) electrons. The van der Waals surface area contributed by atoms with Crippen LogP contribution in [0.3, 0.4) is 0 Å². The quantitative estimate of drug-likeness (QED) is 0.320. The van der Waals surface area contributed by atoms with E-state index in [1.54, 1.807) is 0 Å². The molecule has 0 bridgehead atoms. The van der Waals surface area contributed by atoms with Crippen molar-refractivity contribution in [2.24, 2.45) is 23.7 Å². The first-order valence-electron chi connectivity index (χ1n) is 13.2. The fraction of sp³-hybridized carbons (Fsp3) is 0.294. The highest BCUT2D eigenvalue weighted by Crippen LogP contribution is 2.45. The predicted octanol–water partition coefficient (Wildman–Crippen LogP) is 6.16. The smallest absolute Gasteiger partial charge is 0.0836 e. The summed E-state index contributed by atoms with van der Waals surface area (Å²) in [5.74, 6) is 0.423. The van der Waals surface area contributed by atoms with E-state index in [2.05, 4.69) is 109 Å². The molecule has 0 amide bonds. The van der Waals surface area contributed by atoms with Gasteiger partial charge in [-0.3, -0.25) is 0 Å². The maximum Gasteiger partial charge on any atom is 0.0836 e. The number of benzene rings is 4. The van der Waals surface area contributed by atoms with Gasteiger partial charge in [0.2, 0.25) is 0 Å².